The van der Waals surface area contributed by atoms with Gasteiger partial charge in [-0.25, -0.2) is 4.79 Å². The van der Waals surface area contributed by atoms with Crippen molar-refractivity contribution >= 4 is 15.6 Å². The zero-order valence-electron chi connectivity index (χ0n) is 19.9. The predicted octanol–water partition coefficient (Wildman–Crippen LogP) is 4.17. The van der Waals surface area contributed by atoms with Gasteiger partial charge in [0.1, 0.15) is 5.91 Å². The van der Waals surface area contributed by atoms with Gasteiger partial charge in [-0.2, -0.15) is 0 Å². The highest BCUT2D eigenvalue weighted by Gasteiger charge is 2.43. The van der Waals surface area contributed by atoms with Crippen LogP contribution in [-0.4, -0.2) is 67.9 Å². The number of carboxylic acid groups (broad SMARTS) is 1. The molecule has 1 aliphatic rings. The van der Waals surface area contributed by atoms with Gasteiger partial charge in [0.05, 0.1) is 9.52 Å². The second kappa shape index (κ2) is 12.3. The molecule has 1 unspecified atom stereocenters. The molecular weight excluding hydrogens is 384 g/mol. The molecule has 0 bridgehead atoms. The minimum absolute atomic E-state index is 0.00350. The number of nitrogens with one attached hydrogen (secondary N) is 1. The highest BCUT2D eigenvalue weighted by molar-refractivity contribution is 6.36. The quantitative estimate of drug-likeness (QED) is 0.261. The molecule has 2 N–H and O–H groups in total. The fourth-order valence-electron chi connectivity index (χ4n) is 5.11. The van der Waals surface area contributed by atoms with E-state index < -0.39 is 15.6 Å². The van der Waals surface area contributed by atoms with Crippen molar-refractivity contribution in [2.45, 2.75) is 122 Å². The summed E-state index contributed by atoms with van der Waals surface area (Å²) in [4.78, 5) is 14.1. The van der Waals surface area contributed by atoms with Crippen molar-refractivity contribution in [3.05, 3.63) is 0 Å². The Morgan fingerprint density at radius 1 is 1.10 bits per heavy atom. The molecule has 1 aliphatic heterocycles. The topological polar surface area (TPSA) is 71.0 Å². The second-order valence-electron chi connectivity index (χ2n) is 9.71. The lowest BCUT2D eigenvalue weighted by molar-refractivity contribution is -0.0828. The largest absolute Gasteiger partial charge is 0.465 e. The first-order valence-corrected chi connectivity index (χ1v) is 13.4. The van der Waals surface area contributed by atoms with E-state index in [0.29, 0.717) is 13.2 Å². The molecule has 0 saturated carbocycles. The summed E-state index contributed by atoms with van der Waals surface area (Å²) in [6, 6.07) is 1.28. The van der Waals surface area contributed by atoms with Gasteiger partial charge in [-0.1, -0.05) is 25.8 Å². The van der Waals surface area contributed by atoms with Crippen molar-refractivity contribution in [2.75, 3.05) is 13.2 Å². The maximum absolute atomic E-state index is 12.3. The molecular formula is C22H46N2O4Si. The summed E-state index contributed by atoms with van der Waals surface area (Å²) in [5.74, 6) is -0.00350. The van der Waals surface area contributed by atoms with Crippen LogP contribution >= 0.6 is 0 Å². The fraction of sp³-hybridized carbons (Fsp3) is 0.955. The lowest BCUT2D eigenvalue weighted by Gasteiger charge is -2.50. The Morgan fingerprint density at radius 3 is 2.10 bits per heavy atom. The first-order valence-electron chi connectivity index (χ1n) is 11.6. The summed E-state index contributed by atoms with van der Waals surface area (Å²) < 4.78 is 11.4. The van der Waals surface area contributed by atoms with E-state index in [1.165, 1.54) is 0 Å². The van der Waals surface area contributed by atoms with Gasteiger partial charge in [-0.15, -0.1) is 0 Å². The Kier molecular flexibility index (Phi) is 11.2. The van der Waals surface area contributed by atoms with Crippen LogP contribution in [0.5, 0.6) is 0 Å². The predicted molar refractivity (Wildman–Crippen MR) is 123 cm³/mol. The Labute approximate surface area is 180 Å². The van der Waals surface area contributed by atoms with E-state index >= 15 is 0 Å². The molecule has 1 heterocycles. The third-order valence-electron chi connectivity index (χ3n) is 5.73. The zero-order chi connectivity index (χ0) is 22.1. The van der Waals surface area contributed by atoms with Crippen LogP contribution in [-0.2, 0) is 9.47 Å². The van der Waals surface area contributed by atoms with Gasteiger partial charge >= 0.3 is 6.09 Å². The number of nitrogens with zero attached hydrogens (tertiary/aromatic N) is 1. The summed E-state index contributed by atoms with van der Waals surface area (Å²) in [7, 11) is -0.477. The van der Waals surface area contributed by atoms with Crippen LogP contribution in [0.4, 0.5) is 4.79 Å². The monoisotopic (exact) mass is 430 g/mol. The molecule has 0 radical (unpaired) electrons. The molecule has 1 fully saturated rings. The summed E-state index contributed by atoms with van der Waals surface area (Å²) in [6.07, 6.45) is 4.87. The summed E-state index contributed by atoms with van der Waals surface area (Å²) in [5.41, 5.74) is -0.127. The van der Waals surface area contributed by atoms with Crippen molar-refractivity contribution in [3.8, 4) is 0 Å². The van der Waals surface area contributed by atoms with Crippen molar-refractivity contribution in [3.63, 3.8) is 0 Å². The van der Waals surface area contributed by atoms with Crippen LogP contribution in [0.15, 0.2) is 0 Å². The normalized spacial score (nSPS) is 20.4. The molecule has 7 heteroatoms. The molecule has 0 aromatic heterocycles. The van der Waals surface area contributed by atoms with Gasteiger partial charge in [0.2, 0.25) is 0 Å². The first-order chi connectivity index (χ1) is 13.5. The fourth-order valence-corrected chi connectivity index (χ4v) is 6.82. The molecule has 0 aromatic rings. The highest BCUT2D eigenvalue weighted by atomic mass is 28.2. The van der Waals surface area contributed by atoms with Gasteiger partial charge in [0, 0.05) is 36.4 Å². The van der Waals surface area contributed by atoms with E-state index in [-0.39, 0.29) is 29.1 Å². The number of ether oxygens (including phenoxy) is 2. The van der Waals surface area contributed by atoms with Crippen molar-refractivity contribution < 1.29 is 19.4 Å². The Bertz CT molecular complexity index is 465. The Hall–Kier alpha value is -0.633. The number of hydrogen-bond acceptors (Lipinski definition) is 4. The number of piperidine rings is 1. The molecule has 0 spiro atoms. The van der Waals surface area contributed by atoms with Crippen LogP contribution in [0.25, 0.3) is 0 Å². The second-order valence-corrected chi connectivity index (χ2v) is 11.7. The third-order valence-corrected chi connectivity index (χ3v) is 7.58. The Morgan fingerprint density at radius 2 is 1.66 bits per heavy atom. The van der Waals surface area contributed by atoms with Crippen LogP contribution in [0.1, 0.15) is 87.0 Å². The van der Waals surface area contributed by atoms with Gasteiger partial charge in [-0.3, -0.25) is 0 Å². The highest BCUT2D eigenvalue weighted by Crippen LogP contribution is 2.34. The average molecular weight is 431 g/mol. The SMILES string of the molecule is CCCC(CCC[SiH2]C(OCC)OCC)N(C(=O)O)C1CC(C)(C)NC(C)(C)C1. The van der Waals surface area contributed by atoms with Crippen LogP contribution in [0.3, 0.4) is 0 Å². The maximum Gasteiger partial charge on any atom is 0.407 e. The molecule has 172 valence electrons. The van der Waals surface area contributed by atoms with Crippen molar-refractivity contribution in [1.29, 1.82) is 0 Å². The molecule has 6 nitrogen and oxygen atoms in total. The van der Waals surface area contributed by atoms with Gasteiger partial charge in [0.25, 0.3) is 0 Å². The van der Waals surface area contributed by atoms with E-state index in [9.17, 15) is 9.90 Å². The minimum Gasteiger partial charge on any atom is -0.465 e. The molecule has 0 aromatic carbocycles. The van der Waals surface area contributed by atoms with Gasteiger partial charge in [-0.05, 0) is 67.2 Å². The van der Waals surface area contributed by atoms with Crippen LogP contribution in [0.2, 0.25) is 6.04 Å². The van der Waals surface area contributed by atoms with E-state index in [1.807, 2.05) is 13.8 Å². The van der Waals surface area contributed by atoms with E-state index in [1.54, 1.807) is 4.90 Å². The summed E-state index contributed by atoms with van der Waals surface area (Å²) in [5, 5.41) is 13.8. The molecule has 29 heavy (non-hydrogen) atoms. The average Bonchev–Trinajstić information content (AvgIpc) is 2.56. The summed E-state index contributed by atoms with van der Waals surface area (Å²) >= 11 is 0. The maximum atomic E-state index is 12.3. The molecule has 0 aliphatic carbocycles. The molecule has 1 saturated heterocycles. The van der Waals surface area contributed by atoms with E-state index in [0.717, 1.165) is 44.6 Å². The lowest BCUT2D eigenvalue weighted by atomic mass is 9.78. The number of hydrogen-bond donors (Lipinski definition) is 2. The molecule has 1 amide bonds. The molecule has 1 atom stereocenters. The smallest absolute Gasteiger partial charge is 0.407 e. The van der Waals surface area contributed by atoms with E-state index in [4.69, 9.17) is 9.47 Å². The van der Waals surface area contributed by atoms with Gasteiger partial charge in [0.15, 0.2) is 0 Å². The third kappa shape index (κ3) is 9.36. The standard InChI is InChI=1S/C22H46N2O4Si/c1-8-12-17(13-11-14-29-20(27-9-2)28-10-3)24(19(25)26)18-15-21(4,5)23-22(6,7)16-18/h17-18,20,23H,8-16,29H2,1-7H3,(H,25,26). The molecule has 1 rings (SSSR count). The van der Waals surface area contributed by atoms with Crippen molar-refractivity contribution in [2.24, 2.45) is 0 Å². The first kappa shape index (κ1) is 26.4. The van der Waals surface area contributed by atoms with Crippen LogP contribution < -0.4 is 5.32 Å². The minimum atomic E-state index is -0.763. The Balaban J connectivity index is 2.77. The summed E-state index contributed by atoms with van der Waals surface area (Å²) in [6.45, 7) is 16.3. The lowest BCUT2D eigenvalue weighted by Crippen LogP contribution is -2.63. The number of carbonyl (C=O) groups is 1. The van der Waals surface area contributed by atoms with Crippen LogP contribution in [0, 0.1) is 0 Å². The van der Waals surface area contributed by atoms with Crippen molar-refractivity contribution in [1.82, 2.24) is 10.2 Å². The number of rotatable bonds is 13. The van der Waals surface area contributed by atoms with E-state index in [2.05, 4.69) is 39.9 Å². The number of amides is 1. The zero-order valence-corrected chi connectivity index (χ0v) is 21.3. The van der Waals surface area contributed by atoms with Gasteiger partial charge < -0.3 is 24.8 Å².